The highest BCUT2D eigenvalue weighted by Gasteiger charge is 2.29. The molecule has 0 heterocycles. The summed E-state index contributed by atoms with van der Waals surface area (Å²) in [6, 6.07) is 8.80. The average Bonchev–Trinajstić information content (AvgIpc) is 2.52. The van der Waals surface area contributed by atoms with Crippen molar-refractivity contribution in [3.8, 4) is 0 Å². The highest BCUT2D eigenvalue weighted by Crippen LogP contribution is 2.23. The third kappa shape index (κ3) is 5.09. The minimum Gasteiger partial charge on any atom is -0.350 e. The zero-order valence-corrected chi connectivity index (χ0v) is 16.4. The molecular weight excluding hydrogens is 402 g/mol. The Morgan fingerprint density at radius 3 is 2.50 bits per heavy atom. The van der Waals surface area contributed by atoms with E-state index in [2.05, 4.69) is 5.32 Å². The predicted molar refractivity (Wildman–Crippen MR) is 101 cm³/mol. The van der Waals surface area contributed by atoms with Crippen molar-refractivity contribution in [2.24, 2.45) is 0 Å². The predicted octanol–water partition coefficient (Wildman–Crippen LogP) is 3.60. The first kappa shape index (κ1) is 20.5. The maximum Gasteiger partial charge on any atom is 0.243 e. The number of rotatable bonds is 6. The number of amides is 1. The number of hydrogen-bond acceptors (Lipinski definition) is 3. The van der Waals surface area contributed by atoms with E-state index in [1.165, 1.54) is 25.1 Å². The Bertz CT molecular complexity index is 922. The van der Waals surface area contributed by atoms with E-state index in [9.17, 15) is 17.6 Å². The number of sulfonamides is 1. The monoisotopic (exact) mass is 418 g/mol. The van der Waals surface area contributed by atoms with E-state index < -0.39 is 27.8 Å². The third-order valence-corrected chi connectivity index (χ3v) is 5.45. The van der Waals surface area contributed by atoms with Gasteiger partial charge in [-0.3, -0.25) is 9.10 Å². The first-order chi connectivity index (χ1) is 12.1. The minimum atomic E-state index is -3.81. The Kier molecular flexibility index (Phi) is 6.49. The Balaban J connectivity index is 2.20. The summed E-state index contributed by atoms with van der Waals surface area (Å²) < 4.78 is 38.6. The summed E-state index contributed by atoms with van der Waals surface area (Å²) in [7, 11) is -3.81. The van der Waals surface area contributed by atoms with Gasteiger partial charge in [-0.15, -0.1) is 0 Å². The number of benzene rings is 2. The van der Waals surface area contributed by atoms with Gasteiger partial charge in [0.1, 0.15) is 11.9 Å². The second-order valence-electron chi connectivity index (χ2n) is 5.67. The molecule has 0 saturated heterocycles. The summed E-state index contributed by atoms with van der Waals surface area (Å²) in [6.45, 7) is 1.52. The average molecular weight is 419 g/mol. The Labute approximate surface area is 161 Å². The normalized spacial score (nSPS) is 12.5. The van der Waals surface area contributed by atoms with Crippen LogP contribution in [0.15, 0.2) is 42.5 Å². The second-order valence-corrected chi connectivity index (χ2v) is 8.37. The lowest BCUT2D eigenvalue weighted by molar-refractivity contribution is -0.122. The molecule has 0 saturated carbocycles. The summed E-state index contributed by atoms with van der Waals surface area (Å²) in [4.78, 5) is 12.5. The van der Waals surface area contributed by atoms with Gasteiger partial charge in [-0.05, 0) is 42.8 Å². The number of hydrogen-bond donors (Lipinski definition) is 1. The van der Waals surface area contributed by atoms with Crippen molar-refractivity contribution in [3.63, 3.8) is 0 Å². The molecule has 0 fully saturated rings. The topological polar surface area (TPSA) is 66.5 Å². The SMILES string of the molecule is C[C@@H](C(=O)NCc1ccc(Cl)cc1Cl)N(c1cccc(F)c1)S(C)(=O)=O. The van der Waals surface area contributed by atoms with Crippen LogP contribution in [0.25, 0.3) is 0 Å². The first-order valence-corrected chi connectivity index (χ1v) is 10.2. The third-order valence-electron chi connectivity index (χ3n) is 3.62. The van der Waals surface area contributed by atoms with Crippen molar-refractivity contribution < 1.29 is 17.6 Å². The molecule has 140 valence electrons. The molecule has 0 bridgehead atoms. The number of nitrogens with one attached hydrogen (secondary N) is 1. The van der Waals surface area contributed by atoms with E-state index in [1.807, 2.05) is 0 Å². The first-order valence-electron chi connectivity index (χ1n) is 7.56. The van der Waals surface area contributed by atoms with Gasteiger partial charge in [0, 0.05) is 16.6 Å². The van der Waals surface area contributed by atoms with Gasteiger partial charge >= 0.3 is 0 Å². The highest BCUT2D eigenvalue weighted by molar-refractivity contribution is 7.92. The van der Waals surface area contributed by atoms with Crippen molar-refractivity contribution in [2.75, 3.05) is 10.6 Å². The minimum absolute atomic E-state index is 0.0691. The molecule has 2 aromatic rings. The fourth-order valence-electron chi connectivity index (χ4n) is 2.42. The fourth-order valence-corrected chi connectivity index (χ4v) is 4.06. The van der Waals surface area contributed by atoms with E-state index in [0.29, 0.717) is 15.6 Å². The fraction of sp³-hybridized carbons (Fsp3) is 0.235. The Hall–Kier alpha value is -1.83. The van der Waals surface area contributed by atoms with E-state index in [0.717, 1.165) is 16.6 Å². The van der Waals surface area contributed by atoms with Crippen molar-refractivity contribution in [1.82, 2.24) is 5.32 Å². The molecule has 0 aromatic heterocycles. The van der Waals surface area contributed by atoms with Crippen LogP contribution in [0.4, 0.5) is 10.1 Å². The van der Waals surface area contributed by atoms with Gasteiger partial charge in [0.25, 0.3) is 0 Å². The van der Waals surface area contributed by atoms with Crippen LogP contribution in [0.2, 0.25) is 10.0 Å². The van der Waals surface area contributed by atoms with Gasteiger partial charge in [0.2, 0.25) is 15.9 Å². The van der Waals surface area contributed by atoms with Gasteiger partial charge in [0.05, 0.1) is 11.9 Å². The van der Waals surface area contributed by atoms with Crippen molar-refractivity contribution in [2.45, 2.75) is 19.5 Å². The van der Waals surface area contributed by atoms with Gasteiger partial charge in [0.15, 0.2) is 0 Å². The Morgan fingerprint density at radius 1 is 1.23 bits per heavy atom. The molecular formula is C17H17Cl2FN2O3S. The molecule has 2 aromatic carbocycles. The largest absolute Gasteiger partial charge is 0.350 e. The van der Waals surface area contributed by atoms with Crippen LogP contribution in [0, 0.1) is 5.82 Å². The summed E-state index contributed by atoms with van der Waals surface area (Å²) in [6.07, 6.45) is 0.956. The van der Waals surface area contributed by atoms with Crippen LogP contribution in [-0.4, -0.2) is 26.6 Å². The van der Waals surface area contributed by atoms with E-state index in [1.54, 1.807) is 18.2 Å². The van der Waals surface area contributed by atoms with Gasteiger partial charge < -0.3 is 5.32 Å². The van der Waals surface area contributed by atoms with Crippen LogP contribution in [0.1, 0.15) is 12.5 Å². The van der Waals surface area contributed by atoms with E-state index >= 15 is 0 Å². The van der Waals surface area contributed by atoms with Crippen LogP contribution in [0.3, 0.4) is 0 Å². The summed E-state index contributed by atoms with van der Waals surface area (Å²) >= 11 is 11.9. The summed E-state index contributed by atoms with van der Waals surface area (Å²) in [5, 5.41) is 3.48. The molecule has 0 aliphatic carbocycles. The van der Waals surface area contributed by atoms with E-state index in [-0.39, 0.29) is 12.2 Å². The molecule has 1 N–H and O–H groups in total. The maximum absolute atomic E-state index is 13.5. The van der Waals surface area contributed by atoms with E-state index in [4.69, 9.17) is 23.2 Å². The number of nitrogens with zero attached hydrogens (tertiary/aromatic N) is 1. The molecule has 5 nitrogen and oxygen atoms in total. The molecule has 1 amide bonds. The number of carbonyl (C=O) groups is 1. The molecule has 0 unspecified atom stereocenters. The standard InChI is InChI=1S/C17H17Cl2FN2O3S/c1-11(17(23)21-10-12-6-7-13(18)8-16(12)19)22(26(2,24)25)15-5-3-4-14(20)9-15/h3-9,11H,10H2,1-2H3,(H,21,23)/t11-/m0/s1. The van der Waals surface area contributed by atoms with Crippen LogP contribution in [0.5, 0.6) is 0 Å². The van der Waals surface area contributed by atoms with Crippen molar-refractivity contribution >= 4 is 44.8 Å². The molecule has 0 aliphatic heterocycles. The van der Waals surface area contributed by atoms with Gasteiger partial charge in [-0.1, -0.05) is 35.3 Å². The smallest absolute Gasteiger partial charge is 0.243 e. The lowest BCUT2D eigenvalue weighted by atomic mass is 10.2. The van der Waals surface area contributed by atoms with Gasteiger partial charge in [-0.2, -0.15) is 0 Å². The quantitative estimate of drug-likeness (QED) is 0.778. The zero-order valence-electron chi connectivity index (χ0n) is 14.0. The van der Waals surface area contributed by atoms with Crippen LogP contribution < -0.4 is 9.62 Å². The van der Waals surface area contributed by atoms with Crippen LogP contribution in [-0.2, 0) is 21.4 Å². The molecule has 0 aliphatic rings. The summed E-state index contributed by atoms with van der Waals surface area (Å²) in [5.41, 5.74) is 0.702. The Morgan fingerprint density at radius 2 is 1.92 bits per heavy atom. The molecule has 9 heteroatoms. The molecule has 2 rings (SSSR count). The molecule has 1 atom stereocenters. The van der Waals surface area contributed by atoms with Crippen LogP contribution >= 0.6 is 23.2 Å². The maximum atomic E-state index is 13.5. The number of carbonyl (C=O) groups excluding carboxylic acids is 1. The van der Waals surface area contributed by atoms with Gasteiger partial charge in [-0.25, -0.2) is 12.8 Å². The highest BCUT2D eigenvalue weighted by atomic mass is 35.5. The number of halogens is 3. The lowest BCUT2D eigenvalue weighted by Crippen LogP contribution is -2.47. The number of anilines is 1. The van der Waals surface area contributed by atoms with Crippen molar-refractivity contribution in [1.29, 1.82) is 0 Å². The lowest BCUT2D eigenvalue weighted by Gasteiger charge is -2.28. The molecule has 26 heavy (non-hydrogen) atoms. The summed E-state index contributed by atoms with van der Waals surface area (Å²) in [5.74, 6) is -1.15. The molecule has 0 spiro atoms. The molecule has 0 radical (unpaired) electrons. The zero-order chi connectivity index (χ0) is 19.5. The van der Waals surface area contributed by atoms with Crippen molar-refractivity contribution in [3.05, 3.63) is 63.9 Å². The second kappa shape index (κ2) is 8.24.